The van der Waals surface area contributed by atoms with Gasteiger partial charge in [0.15, 0.2) is 0 Å². The predicted molar refractivity (Wildman–Crippen MR) is 80.8 cm³/mol. The third-order valence-electron chi connectivity index (χ3n) is 3.78. The van der Waals surface area contributed by atoms with Crippen LogP contribution in [0.25, 0.3) is 0 Å². The molecule has 106 valence electrons. The standard InChI is InChI=1S/C15H24N2OS/c1-3-13-5-6-14(19-13)12(2)4-7-15(18)17-10-8-16-9-11-17/h5-6,12,16H,3-4,7-11H2,1-2H3. The Morgan fingerprint density at radius 3 is 2.79 bits per heavy atom. The Morgan fingerprint density at radius 2 is 2.16 bits per heavy atom. The highest BCUT2D eigenvalue weighted by molar-refractivity contribution is 7.12. The van der Waals surface area contributed by atoms with Crippen molar-refractivity contribution in [1.82, 2.24) is 10.2 Å². The van der Waals surface area contributed by atoms with Crippen molar-refractivity contribution in [2.75, 3.05) is 26.2 Å². The SMILES string of the molecule is CCc1ccc(C(C)CCC(=O)N2CCNCC2)s1. The molecule has 19 heavy (non-hydrogen) atoms. The molecule has 0 spiro atoms. The lowest BCUT2D eigenvalue weighted by molar-refractivity contribution is -0.131. The van der Waals surface area contributed by atoms with E-state index >= 15 is 0 Å². The first-order chi connectivity index (χ1) is 9.20. The third-order valence-corrected chi connectivity index (χ3v) is 5.24. The molecule has 0 aromatic carbocycles. The highest BCUT2D eigenvalue weighted by Crippen LogP contribution is 2.28. The van der Waals surface area contributed by atoms with Gasteiger partial charge in [-0.05, 0) is 30.9 Å². The van der Waals surface area contributed by atoms with Gasteiger partial charge in [-0.1, -0.05) is 13.8 Å². The van der Waals surface area contributed by atoms with E-state index in [1.165, 1.54) is 9.75 Å². The van der Waals surface area contributed by atoms with E-state index in [0.717, 1.165) is 39.0 Å². The Kier molecular flexibility index (Phi) is 5.40. The van der Waals surface area contributed by atoms with Crippen molar-refractivity contribution in [3.05, 3.63) is 21.9 Å². The molecule has 1 unspecified atom stereocenters. The van der Waals surface area contributed by atoms with Crippen molar-refractivity contribution in [3.8, 4) is 0 Å². The molecule has 0 saturated carbocycles. The second-order valence-electron chi connectivity index (χ2n) is 5.23. The van der Waals surface area contributed by atoms with E-state index in [-0.39, 0.29) is 0 Å². The normalized spacial score (nSPS) is 17.5. The number of carbonyl (C=O) groups excluding carboxylic acids is 1. The second-order valence-corrected chi connectivity index (χ2v) is 6.43. The summed E-state index contributed by atoms with van der Waals surface area (Å²) in [5, 5.41) is 3.28. The monoisotopic (exact) mass is 280 g/mol. The van der Waals surface area contributed by atoms with Gasteiger partial charge in [0.1, 0.15) is 0 Å². The van der Waals surface area contributed by atoms with Crippen LogP contribution in [-0.4, -0.2) is 37.0 Å². The first kappa shape index (κ1) is 14.5. The number of amides is 1. The van der Waals surface area contributed by atoms with Crippen molar-refractivity contribution in [1.29, 1.82) is 0 Å². The molecule has 0 aliphatic carbocycles. The van der Waals surface area contributed by atoms with E-state index in [1.807, 2.05) is 16.2 Å². The number of aryl methyl sites for hydroxylation is 1. The summed E-state index contributed by atoms with van der Waals surface area (Å²) in [4.78, 5) is 17.0. The average molecular weight is 280 g/mol. The molecule has 1 amide bonds. The summed E-state index contributed by atoms with van der Waals surface area (Å²) in [5.41, 5.74) is 0. The van der Waals surface area contributed by atoms with Crippen LogP contribution >= 0.6 is 11.3 Å². The van der Waals surface area contributed by atoms with E-state index < -0.39 is 0 Å². The summed E-state index contributed by atoms with van der Waals surface area (Å²) >= 11 is 1.89. The van der Waals surface area contributed by atoms with Crippen LogP contribution in [0.3, 0.4) is 0 Å². The van der Waals surface area contributed by atoms with E-state index in [0.29, 0.717) is 18.2 Å². The first-order valence-electron chi connectivity index (χ1n) is 7.27. The van der Waals surface area contributed by atoms with E-state index in [2.05, 4.69) is 31.3 Å². The zero-order chi connectivity index (χ0) is 13.7. The van der Waals surface area contributed by atoms with Crippen LogP contribution in [0.1, 0.15) is 42.4 Å². The van der Waals surface area contributed by atoms with Gasteiger partial charge in [-0.2, -0.15) is 0 Å². The fraction of sp³-hybridized carbons (Fsp3) is 0.667. The Bertz CT molecular complexity index is 410. The van der Waals surface area contributed by atoms with Gasteiger partial charge < -0.3 is 10.2 Å². The molecular weight excluding hydrogens is 256 g/mol. The molecule has 1 fully saturated rings. The van der Waals surface area contributed by atoms with Gasteiger partial charge in [0, 0.05) is 42.4 Å². The molecule has 4 heteroatoms. The largest absolute Gasteiger partial charge is 0.340 e. The molecule has 0 radical (unpaired) electrons. The quantitative estimate of drug-likeness (QED) is 0.899. The van der Waals surface area contributed by atoms with Crippen LogP contribution in [0.4, 0.5) is 0 Å². The fourth-order valence-corrected chi connectivity index (χ4v) is 3.44. The number of thiophene rings is 1. The minimum Gasteiger partial charge on any atom is -0.340 e. The van der Waals surface area contributed by atoms with E-state index in [1.54, 1.807) is 0 Å². The van der Waals surface area contributed by atoms with Gasteiger partial charge >= 0.3 is 0 Å². The number of hydrogen-bond acceptors (Lipinski definition) is 3. The van der Waals surface area contributed by atoms with Gasteiger partial charge in [0.2, 0.25) is 5.91 Å². The molecule has 2 heterocycles. The summed E-state index contributed by atoms with van der Waals surface area (Å²) < 4.78 is 0. The summed E-state index contributed by atoms with van der Waals surface area (Å²) in [5.74, 6) is 0.817. The lowest BCUT2D eigenvalue weighted by atomic mass is 10.0. The maximum atomic E-state index is 12.1. The Morgan fingerprint density at radius 1 is 1.42 bits per heavy atom. The number of hydrogen-bond donors (Lipinski definition) is 1. The number of rotatable bonds is 5. The smallest absolute Gasteiger partial charge is 0.222 e. The lowest BCUT2D eigenvalue weighted by Crippen LogP contribution is -2.46. The summed E-state index contributed by atoms with van der Waals surface area (Å²) in [6.45, 7) is 8.03. The third kappa shape index (κ3) is 4.05. The molecule has 1 saturated heterocycles. The van der Waals surface area contributed by atoms with Crippen molar-refractivity contribution in [3.63, 3.8) is 0 Å². The van der Waals surface area contributed by atoms with Crippen LogP contribution < -0.4 is 5.32 Å². The second kappa shape index (κ2) is 7.06. The van der Waals surface area contributed by atoms with E-state index in [4.69, 9.17) is 0 Å². The van der Waals surface area contributed by atoms with Gasteiger partial charge in [-0.25, -0.2) is 0 Å². The van der Waals surface area contributed by atoms with Crippen molar-refractivity contribution < 1.29 is 4.79 Å². The first-order valence-corrected chi connectivity index (χ1v) is 8.09. The van der Waals surface area contributed by atoms with Crippen molar-refractivity contribution in [2.24, 2.45) is 0 Å². The van der Waals surface area contributed by atoms with Gasteiger partial charge in [-0.3, -0.25) is 4.79 Å². The van der Waals surface area contributed by atoms with Crippen LogP contribution in [0.5, 0.6) is 0 Å². The van der Waals surface area contributed by atoms with Gasteiger partial charge in [0.25, 0.3) is 0 Å². The zero-order valence-electron chi connectivity index (χ0n) is 11.9. The highest BCUT2D eigenvalue weighted by Gasteiger charge is 2.17. The molecule has 2 rings (SSSR count). The number of nitrogens with zero attached hydrogens (tertiary/aromatic N) is 1. The molecule has 1 aliphatic rings. The Labute approximate surface area is 120 Å². The fourth-order valence-electron chi connectivity index (χ4n) is 2.40. The molecule has 1 aliphatic heterocycles. The molecule has 0 bridgehead atoms. The van der Waals surface area contributed by atoms with Crippen LogP contribution in [0, 0.1) is 0 Å². The lowest BCUT2D eigenvalue weighted by Gasteiger charge is -2.27. The topological polar surface area (TPSA) is 32.3 Å². The minimum absolute atomic E-state index is 0.320. The number of piperazine rings is 1. The van der Waals surface area contributed by atoms with E-state index in [9.17, 15) is 4.79 Å². The molecule has 3 nitrogen and oxygen atoms in total. The van der Waals surface area contributed by atoms with Crippen LogP contribution in [0.15, 0.2) is 12.1 Å². The zero-order valence-corrected chi connectivity index (χ0v) is 12.8. The summed E-state index contributed by atoms with van der Waals surface area (Å²) in [7, 11) is 0. The highest BCUT2D eigenvalue weighted by atomic mass is 32.1. The van der Waals surface area contributed by atoms with Gasteiger partial charge in [-0.15, -0.1) is 11.3 Å². The van der Waals surface area contributed by atoms with Crippen LogP contribution in [-0.2, 0) is 11.2 Å². The molecular formula is C15H24N2OS. The van der Waals surface area contributed by atoms with Gasteiger partial charge in [0.05, 0.1) is 0 Å². The maximum absolute atomic E-state index is 12.1. The molecule has 1 atom stereocenters. The summed E-state index contributed by atoms with van der Waals surface area (Å²) in [6, 6.07) is 4.44. The summed E-state index contributed by atoms with van der Waals surface area (Å²) in [6.07, 6.45) is 2.75. The molecule has 1 N–H and O–H groups in total. The van der Waals surface area contributed by atoms with Crippen LogP contribution in [0.2, 0.25) is 0 Å². The average Bonchev–Trinajstić information content (AvgIpc) is 2.94. The number of nitrogens with one attached hydrogen (secondary N) is 1. The number of carbonyl (C=O) groups is 1. The Balaban J connectivity index is 1.79. The van der Waals surface area contributed by atoms with Crippen molar-refractivity contribution >= 4 is 17.2 Å². The van der Waals surface area contributed by atoms with Crippen molar-refractivity contribution in [2.45, 2.75) is 39.0 Å². The predicted octanol–water partition coefficient (Wildman–Crippen LogP) is 2.63. The maximum Gasteiger partial charge on any atom is 0.222 e. The Hall–Kier alpha value is -0.870. The minimum atomic E-state index is 0.320. The molecule has 1 aromatic rings. The molecule has 1 aromatic heterocycles.